The second-order valence-corrected chi connectivity index (χ2v) is 9.77. The average Bonchev–Trinajstić information content (AvgIpc) is 3.14. The second-order valence-electron chi connectivity index (χ2n) is 8.82. The van der Waals surface area contributed by atoms with E-state index in [1.54, 1.807) is 26.0 Å². The first kappa shape index (κ1) is 24.5. The Morgan fingerprint density at radius 2 is 1.85 bits per heavy atom. The molecule has 1 unspecified atom stereocenters. The molecule has 0 aliphatic heterocycles. The van der Waals surface area contributed by atoms with E-state index < -0.39 is 27.5 Å². The number of benzene rings is 1. The van der Waals surface area contributed by atoms with Crippen molar-refractivity contribution < 1.29 is 27.8 Å². The number of ketones is 1. The first-order valence-electron chi connectivity index (χ1n) is 10.4. The van der Waals surface area contributed by atoms with Crippen LogP contribution in [0.5, 0.6) is 11.6 Å². The SMILES string of the molecule is COCOc1ccc(C2=C(C)C(C(=O)c3cnn(C(C)(C)C)c3O)=CC(=S(=O)=O)C2C)cc1. The number of rotatable bonds is 6. The normalized spacial score (nSPS) is 16.6. The smallest absolute Gasteiger partial charge is 0.221 e. The van der Waals surface area contributed by atoms with Gasteiger partial charge in [0.15, 0.2) is 12.6 Å². The van der Waals surface area contributed by atoms with Crippen molar-refractivity contribution in [2.24, 2.45) is 5.92 Å². The van der Waals surface area contributed by atoms with Gasteiger partial charge in [-0.25, -0.2) is 4.68 Å². The molecule has 0 amide bonds. The maximum Gasteiger partial charge on any atom is 0.221 e. The highest BCUT2D eigenvalue weighted by molar-refractivity contribution is 7.73. The molecule has 1 N–H and O–H groups in total. The van der Waals surface area contributed by atoms with Crippen LogP contribution in [0.4, 0.5) is 0 Å². The third-order valence-electron chi connectivity index (χ3n) is 5.52. The van der Waals surface area contributed by atoms with Gasteiger partial charge in [0.2, 0.25) is 16.2 Å². The second kappa shape index (κ2) is 9.36. The minimum atomic E-state index is -2.53. The zero-order valence-electron chi connectivity index (χ0n) is 19.5. The molecule has 9 heteroatoms. The summed E-state index contributed by atoms with van der Waals surface area (Å²) in [5.74, 6) is -0.611. The van der Waals surface area contributed by atoms with Crippen molar-refractivity contribution in [1.29, 1.82) is 0 Å². The largest absolute Gasteiger partial charge is 0.493 e. The van der Waals surface area contributed by atoms with Crippen LogP contribution < -0.4 is 4.74 Å². The summed E-state index contributed by atoms with van der Waals surface area (Å²) in [4.78, 5) is 13.5. The van der Waals surface area contributed by atoms with Crippen molar-refractivity contribution in [2.45, 2.75) is 40.2 Å². The molecule has 176 valence electrons. The molecule has 1 heterocycles. The summed E-state index contributed by atoms with van der Waals surface area (Å²) < 4.78 is 35.7. The Morgan fingerprint density at radius 3 is 2.36 bits per heavy atom. The van der Waals surface area contributed by atoms with Crippen LogP contribution in [-0.2, 0) is 20.6 Å². The molecule has 0 bridgehead atoms. The predicted octanol–water partition coefficient (Wildman–Crippen LogP) is 3.61. The number of aromatic hydroxyl groups is 1. The Kier molecular flexibility index (Phi) is 6.94. The van der Waals surface area contributed by atoms with Gasteiger partial charge >= 0.3 is 0 Å². The van der Waals surface area contributed by atoms with Crippen molar-refractivity contribution >= 4 is 26.5 Å². The molecule has 0 spiro atoms. The zero-order chi connectivity index (χ0) is 24.5. The molecule has 33 heavy (non-hydrogen) atoms. The first-order chi connectivity index (χ1) is 15.5. The van der Waals surface area contributed by atoms with Crippen molar-refractivity contribution in [3.63, 3.8) is 0 Å². The molecule has 8 nitrogen and oxygen atoms in total. The standard InChI is InChI=1S/C24H28N2O6S/c1-14-18(22(27)19-12-25-26(23(19)28)24(3,4)5)11-20(33(29)30)15(2)21(14)16-7-9-17(10-8-16)32-13-31-6/h7-12,15,28H,13H2,1-6H3. The van der Waals surface area contributed by atoms with Crippen molar-refractivity contribution in [2.75, 3.05) is 13.9 Å². The van der Waals surface area contributed by atoms with E-state index in [9.17, 15) is 18.3 Å². The molecule has 3 rings (SSSR count). The molecule has 0 fully saturated rings. The Labute approximate surface area is 194 Å². The number of methoxy groups -OCH3 is 1. The number of allylic oxidation sites excluding steroid dienone is 4. The van der Waals surface area contributed by atoms with Gasteiger partial charge in [0.1, 0.15) is 11.3 Å². The molecule has 2 aromatic rings. The van der Waals surface area contributed by atoms with Crippen molar-refractivity contribution in [3.05, 3.63) is 58.8 Å². The van der Waals surface area contributed by atoms with Crippen molar-refractivity contribution in [3.8, 4) is 11.6 Å². The highest BCUT2D eigenvalue weighted by Crippen LogP contribution is 2.38. The van der Waals surface area contributed by atoms with Crippen LogP contribution in [0.3, 0.4) is 0 Å². The fourth-order valence-electron chi connectivity index (χ4n) is 3.88. The highest BCUT2D eigenvalue weighted by atomic mass is 32.2. The van der Waals surface area contributed by atoms with Crippen molar-refractivity contribution in [1.82, 2.24) is 9.78 Å². The van der Waals surface area contributed by atoms with Gasteiger partial charge in [0.05, 0.1) is 16.6 Å². The fourth-order valence-corrected chi connectivity index (χ4v) is 4.50. The Hall–Kier alpha value is -3.17. The van der Waals surface area contributed by atoms with E-state index in [1.807, 2.05) is 32.9 Å². The number of carbonyl (C=O) groups excluding carboxylic acids is 1. The third-order valence-corrected chi connectivity index (χ3v) is 6.38. The van der Waals surface area contributed by atoms with Crippen LogP contribution >= 0.6 is 0 Å². The Morgan fingerprint density at radius 1 is 1.21 bits per heavy atom. The van der Waals surface area contributed by atoms with E-state index in [0.29, 0.717) is 16.9 Å². The summed E-state index contributed by atoms with van der Waals surface area (Å²) in [6, 6.07) is 7.14. The van der Waals surface area contributed by atoms with E-state index in [-0.39, 0.29) is 28.7 Å². The van der Waals surface area contributed by atoms with Crippen LogP contribution in [0, 0.1) is 5.92 Å². The van der Waals surface area contributed by atoms with E-state index in [0.717, 1.165) is 5.56 Å². The van der Waals surface area contributed by atoms with Gasteiger partial charge in [0, 0.05) is 18.6 Å². The Balaban J connectivity index is 2.12. The van der Waals surface area contributed by atoms with Gasteiger partial charge in [-0.3, -0.25) is 4.79 Å². The summed E-state index contributed by atoms with van der Waals surface area (Å²) >= 11 is 0. The minimum absolute atomic E-state index is 0.0174. The topological polar surface area (TPSA) is 108 Å². The maximum absolute atomic E-state index is 13.4. The molecule has 1 aromatic heterocycles. The predicted molar refractivity (Wildman–Crippen MR) is 126 cm³/mol. The summed E-state index contributed by atoms with van der Waals surface area (Å²) in [6.45, 7) is 9.23. The van der Waals surface area contributed by atoms with Crippen LogP contribution in [0.2, 0.25) is 0 Å². The van der Waals surface area contributed by atoms with E-state index in [4.69, 9.17) is 9.47 Å². The first-order valence-corrected chi connectivity index (χ1v) is 11.5. The number of nitrogens with zero attached hydrogens (tertiary/aromatic N) is 2. The van der Waals surface area contributed by atoms with E-state index in [1.165, 1.54) is 24.1 Å². The lowest BCUT2D eigenvalue weighted by molar-refractivity contribution is 0.0511. The molecule has 1 aliphatic carbocycles. The monoisotopic (exact) mass is 472 g/mol. The van der Waals surface area contributed by atoms with E-state index >= 15 is 0 Å². The average molecular weight is 473 g/mol. The van der Waals surface area contributed by atoms with Gasteiger partial charge in [-0.2, -0.15) is 13.5 Å². The van der Waals surface area contributed by atoms with Gasteiger partial charge in [-0.15, -0.1) is 0 Å². The Bertz CT molecular complexity index is 1270. The summed E-state index contributed by atoms with van der Waals surface area (Å²) in [5.41, 5.74) is 1.79. The lowest BCUT2D eigenvalue weighted by Crippen LogP contribution is -2.23. The number of hydrogen-bond donors (Lipinski definition) is 1. The molecule has 1 atom stereocenters. The lowest BCUT2D eigenvalue weighted by Gasteiger charge is -2.25. The van der Waals surface area contributed by atoms with Crippen LogP contribution in [0.15, 0.2) is 47.7 Å². The third kappa shape index (κ3) is 4.79. The number of carbonyl (C=O) groups is 1. The van der Waals surface area contributed by atoms with Gasteiger partial charge in [-0.05, 0) is 62.6 Å². The number of ether oxygens (including phenoxy) is 2. The fraction of sp³-hybridized carbons (Fsp3) is 0.375. The van der Waals surface area contributed by atoms with Gasteiger partial charge in [-0.1, -0.05) is 19.1 Å². The number of Topliss-reactive ketones (excluding diaryl/α,β-unsaturated/α-hetero) is 1. The summed E-state index contributed by atoms with van der Waals surface area (Å²) in [7, 11) is -1.00. The lowest BCUT2D eigenvalue weighted by atomic mass is 9.79. The maximum atomic E-state index is 13.4. The minimum Gasteiger partial charge on any atom is -0.493 e. The molecular weight excluding hydrogens is 444 g/mol. The quantitative estimate of drug-likeness (QED) is 0.389. The van der Waals surface area contributed by atoms with E-state index in [2.05, 4.69) is 5.10 Å². The highest BCUT2D eigenvalue weighted by Gasteiger charge is 2.32. The van der Waals surface area contributed by atoms with Crippen LogP contribution in [-0.4, -0.2) is 47.9 Å². The number of aromatic nitrogens is 2. The summed E-state index contributed by atoms with van der Waals surface area (Å²) in [6.07, 6.45) is 2.70. The van der Waals surface area contributed by atoms with Gasteiger partial charge in [0.25, 0.3) is 0 Å². The summed E-state index contributed by atoms with van der Waals surface area (Å²) in [5, 5.41) is 14.8. The zero-order valence-corrected chi connectivity index (χ0v) is 20.4. The van der Waals surface area contributed by atoms with Crippen LogP contribution in [0.25, 0.3) is 5.57 Å². The van der Waals surface area contributed by atoms with Crippen LogP contribution in [0.1, 0.15) is 50.5 Å². The molecular formula is C24H28N2O6S. The molecule has 0 saturated carbocycles. The molecule has 1 aromatic carbocycles. The molecule has 1 aliphatic rings. The van der Waals surface area contributed by atoms with Gasteiger partial charge < -0.3 is 14.6 Å². The number of hydrogen-bond acceptors (Lipinski definition) is 7. The molecule has 0 radical (unpaired) electrons. The molecule has 0 saturated heterocycles.